The maximum Gasteiger partial charge on any atom is 0.168 e. The van der Waals surface area contributed by atoms with E-state index in [1.807, 2.05) is 6.92 Å². The number of aromatic nitrogens is 1. The Balaban J connectivity index is 2.01. The molecule has 0 aromatic heterocycles. The summed E-state index contributed by atoms with van der Waals surface area (Å²) in [4.78, 5) is 13.7. The van der Waals surface area contributed by atoms with Gasteiger partial charge in [-0.05, 0) is 61.7 Å². The lowest BCUT2D eigenvalue weighted by Gasteiger charge is -2.11. The second-order valence-electron chi connectivity index (χ2n) is 5.71. The Labute approximate surface area is 116 Å². The molecule has 0 spiro atoms. The molecule has 4 rings (SSSR count). The maximum absolute atomic E-state index is 12.5. The first-order valence-electron chi connectivity index (χ1n) is 6.92. The Morgan fingerprint density at radius 2 is 2.05 bits per heavy atom. The topological polar surface area (TPSA) is 56.0 Å². The summed E-state index contributed by atoms with van der Waals surface area (Å²) in [5, 5.41) is 0. The van der Waals surface area contributed by atoms with E-state index >= 15 is 0 Å². The highest BCUT2D eigenvalue weighted by Crippen LogP contribution is 2.49. The van der Waals surface area contributed by atoms with E-state index in [1.54, 1.807) is 0 Å². The molecule has 0 bridgehead atoms. The van der Waals surface area contributed by atoms with Crippen LogP contribution in [0.15, 0.2) is 0 Å². The van der Waals surface area contributed by atoms with Gasteiger partial charge in [-0.3, -0.25) is 4.79 Å². The molecule has 4 aliphatic rings. The van der Waals surface area contributed by atoms with Crippen molar-refractivity contribution in [1.82, 2.24) is 4.37 Å². The molecule has 0 unspecified atom stereocenters. The van der Waals surface area contributed by atoms with E-state index in [0.717, 1.165) is 48.2 Å². The number of nitrogens with zero attached hydrogens (tertiary/aromatic N) is 1. The molecule has 0 atom stereocenters. The fourth-order valence-electron chi connectivity index (χ4n) is 3.26. The summed E-state index contributed by atoms with van der Waals surface area (Å²) in [5.74, 6) is 0.485. The minimum absolute atomic E-state index is 0.222. The summed E-state index contributed by atoms with van der Waals surface area (Å²) in [7, 11) is 0. The van der Waals surface area contributed by atoms with Crippen LogP contribution in [-0.2, 0) is 12.8 Å². The standard InChI is InChI=1S/C15H16N2OS/c1-7-11(14(18)8-5-6-8)12-13(16)9-3-2-4-10(9)15(12)19-17-7/h8H,2-6,16H2,1H3. The first kappa shape index (κ1) is 11.4. The number of hydrogen-bond acceptors (Lipinski definition) is 4. The van der Waals surface area contributed by atoms with Gasteiger partial charge in [-0.1, -0.05) is 0 Å². The van der Waals surface area contributed by atoms with Crippen LogP contribution in [0.5, 0.6) is 0 Å². The van der Waals surface area contributed by atoms with Gasteiger partial charge in [-0.25, -0.2) is 0 Å². The first-order valence-corrected chi connectivity index (χ1v) is 7.69. The van der Waals surface area contributed by atoms with Gasteiger partial charge in [0.25, 0.3) is 0 Å². The number of hydrogen-bond donors (Lipinski definition) is 1. The number of anilines is 1. The number of Topliss-reactive ketones (excluding diaryl/α,β-unsaturated/α-hetero) is 1. The highest BCUT2D eigenvalue weighted by Gasteiger charge is 2.37. The monoisotopic (exact) mass is 272 g/mol. The van der Waals surface area contributed by atoms with Crippen LogP contribution in [0.25, 0.3) is 10.4 Å². The van der Waals surface area contributed by atoms with Gasteiger partial charge in [0.15, 0.2) is 5.78 Å². The molecule has 0 aromatic carbocycles. The van der Waals surface area contributed by atoms with Crippen LogP contribution in [0, 0.1) is 12.8 Å². The molecule has 0 aromatic rings. The van der Waals surface area contributed by atoms with Crippen LogP contribution in [0.1, 0.15) is 46.4 Å². The zero-order valence-corrected chi connectivity index (χ0v) is 11.8. The highest BCUT2D eigenvalue weighted by atomic mass is 32.1. The van der Waals surface area contributed by atoms with E-state index in [-0.39, 0.29) is 11.7 Å². The smallest absolute Gasteiger partial charge is 0.168 e. The van der Waals surface area contributed by atoms with Gasteiger partial charge >= 0.3 is 0 Å². The van der Waals surface area contributed by atoms with E-state index in [0.29, 0.717) is 0 Å². The summed E-state index contributed by atoms with van der Waals surface area (Å²) < 4.78 is 4.49. The molecule has 0 radical (unpaired) electrons. The second-order valence-corrected chi connectivity index (χ2v) is 6.48. The quantitative estimate of drug-likeness (QED) is 0.854. The lowest BCUT2D eigenvalue weighted by atomic mass is 9.99. The number of carbonyl (C=O) groups excluding carboxylic acids is 1. The Morgan fingerprint density at radius 1 is 1.32 bits per heavy atom. The number of carbonyl (C=O) groups is 1. The van der Waals surface area contributed by atoms with Gasteiger partial charge in [0.1, 0.15) is 0 Å². The Kier molecular flexibility index (Phi) is 2.28. The fraction of sp³-hybridized carbons (Fsp3) is 0.467. The molecule has 0 saturated heterocycles. The first-order chi connectivity index (χ1) is 9.18. The Hall–Kier alpha value is -1.42. The maximum atomic E-state index is 12.5. The molecule has 3 aliphatic carbocycles. The van der Waals surface area contributed by atoms with Gasteiger partial charge in [0.05, 0.1) is 16.1 Å². The van der Waals surface area contributed by atoms with Crippen molar-refractivity contribution in [2.75, 3.05) is 5.73 Å². The number of rotatable bonds is 2. The van der Waals surface area contributed by atoms with E-state index in [4.69, 9.17) is 5.73 Å². The summed E-state index contributed by atoms with van der Waals surface area (Å²) >= 11 is 1.51. The van der Waals surface area contributed by atoms with Gasteiger partial charge in [-0.15, -0.1) is 0 Å². The molecule has 0 amide bonds. The highest BCUT2D eigenvalue weighted by molar-refractivity contribution is 7.09. The average molecular weight is 272 g/mol. The van der Waals surface area contributed by atoms with Crippen molar-refractivity contribution in [2.24, 2.45) is 5.92 Å². The van der Waals surface area contributed by atoms with Gasteiger partial charge in [0, 0.05) is 17.2 Å². The third kappa shape index (κ3) is 1.49. The minimum atomic E-state index is 0.222. The summed E-state index contributed by atoms with van der Waals surface area (Å²) in [6, 6.07) is 0. The molecule has 4 heteroatoms. The SMILES string of the molecule is Cc1nsc2c3c(c(N)c-2c1C(=O)C1CC1)CCC3. The molecule has 1 saturated carbocycles. The molecule has 3 nitrogen and oxygen atoms in total. The summed E-state index contributed by atoms with van der Waals surface area (Å²) in [6.07, 6.45) is 5.37. The van der Waals surface area contributed by atoms with E-state index < -0.39 is 0 Å². The molecule has 1 aliphatic heterocycles. The number of ketones is 1. The average Bonchev–Trinajstić information content (AvgIpc) is 3.08. The zero-order valence-electron chi connectivity index (χ0n) is 11.0. The van der Waals surface area contributed by atoms with Crippen LogP contribution in [0.4, 0.5) is 5.69 Å². The van der Waals surface area contributed by atoms with Crippen LogP contribution in [-0.4, -0.2) is 10.2 Å². The Bertz CT molecular complexity index is 670. The normalized spacial score (nSPS) is 17.9. The summed E-state index contributed by atoms with van der Waals surface area (Å²) in [5.41, 5.74) is 12.5. The second kappa shape index (κ2) is 3.79. The lowest BCUT2D eigenvalue weighted by Crippen LogP contribution is -2.08. The predicted molar refractivity (Wildman–Crippen MR) is 77.0 cm³/mol. The van der Waals surface area contributed by atoms with Crippen molar-refractivity contribution in [2.45, 2.75) is 39.0 Å². The fourth-order valence-corrected chi connectivity index (χ4v) is 4.21. The van der Waals surface area contributed by atoms with Crippen molar-refractivity contribution in [3.8, 4) is 10.4 Å². The van der Waals surface area contributed by atoms with E-state index in [9.17, 15) is 4.79 Å². The van der Waals surface area contributed by atoms with Gasteiger partial charge in [-0.2, -0.15) is 4.37 Å². The molecule has 98 valence electrons. The lowest BCUT2D eigenvalue weighted by molar-refractivity contribution is 0.0967. The van der Waals surface area contributed by atoms with Crippen molar-refractivity contribution in [1.29, 1.82) is 0 Å². The molecular formula is C15H16N2OS. The van der Waals surface area contributed by atoms with Crippen molar-refractivity contribution in [3.63, 3.8) is 0 Å². The van der Waals surface area contributed by atoms with Crippen LogP contribution in [0.2, 0.25) is 0 Å². The minimum Gasteiger partial charge on any atom is -0.398 e. The Morgan fingerprint density at radius 3 is 2.79 bits per heavy atom. The van der Waals surface area contributed by atoms with Crippen molar-refractivity contribution >= 4 is 23.0 Å². The number of nitrogen functional groups attached to an aromatic ring is 1. The number of nitrogens with two attached hydrogens (primary N) is 1. The van der Waals surface area contributed by atoms with Crippen LogP contribution < -0.4 is 5.73 Å². The van der Waals surface area contributed by atoms with Crippen molar-refractivity contribution < 1.29 is 4.79 Å². The number of aryl methyl sites for hydroxylation is 1. The number of fused-ring (bicyclic) bond motifs is 3. The molecule has 2 N–H and O–H groups in total. The van der Waals surface area contributed by atoms with E-state index in [1.165, 1.54) is 34.0 Å². The predicted octanol–water partition coefficient (Wildman–Crippen LogP) is 3.22. The molecule has 19 heavy (non-hydrogen) atoms. The van der Waals surface area contributed by atoms with Crippen LogP contribution in [0.3, 0.4) is 0 Å². The van der Waals surface area contributed by atoms with Gasteiger partial charge < -0.3 is 5.73 Å². The summed E-state index contributed by atoms with van der Waals surface area (Å²) in [6.45, 7) is 1.93. The molecular weight excluding hydrogens is 256 g/mol. The van der Waals surface area contributed by atoms with E-state index in [2.05, 4.69) is 4.37 Å². The molecule has 1 fully saturated rings. The largest absolute Gasteiger partial charge is 0.398 e. The third-order valence-electron chi connectivity index (χ3n) is 4.39. The van der Waals surface area contributed by atoms with Crippen LogP contribution >= 0.6 is 11.5 Å². The van der Waals surface area contributed by atoms with Gasteiger partial charge in [0.2, 0.25) is 0 Å². The molecule has 1 heterocycles. The van der Waals surface area contributed by atoms with Crippen molar-refractivity contribution in [3.05, 3.63) is 22.4 Å². The third-order valence-corrected chi connectivity index (χ3v) is 5.39. The zero-order chi connectivity index (χ0) is 13.1.